The lowest BCUT2D eigenvalue weighted by Crippen LogP contribution is -2.50. The van der Waals surface area contributed by atoms with Crippen LogP contribution in [0.5, 0.6) is 11.5 Å². The number of carbonyl (C=O) groups is 1. The maximum absolute atomic E-state index is 13.1. The van der Waals surface area contributed by atoms with Crippen LogP contribution in [0, 0.1) is 0 Å². The molecule has 7 nitrogen and oxygen atoms in total. The first-order valence-corrected chi connectivity index (χ1v) is 10.1. The number of nitrogens with one attached hydrogen (secondary N) is 1. The number of hydrogen-bond donors (Lipinski definition) is 1. The Bertz CT molecular complexity index is 859. The number of ether oxygens (including phenoxy) is 2. The van der Waals surface area contributed by atoms with Crippen LogP contribution in [-0.2, 0) is 17.8 Å². The Morgan fingerprint density at radius 2 is 2.00 bits per heavy atom. The quantitative estimate of drug-likeness (QED) is 0.829. The molecule has 1 fully saturated rings. The average molecular weight is 396 g/mol. The van der Waals surface area contributed by atoms with Gasteiger partial charge in [-0.25, -0.2) is 0 Å². The topological polar surface area (TPSA) is 66.9 Å². The van der Waals surface area contributed by atoms with Gasteiger partial charge in [0.15, 0.2) is 11.5 Å². The van der Waals surface area contributed by atoms with Crippen LogP contribution in [0.25, 0.3) is 0 Å². The van der Waals surface area contributed by atoms with Crippen LogP contribution in [0.4, 0.5) is 0 Å². The molecule has 1 aromatic carbocycles. The predicted molar refractivity (Wildman–Crippen MR) is 110 cm³/mol. The highest BCUT2D eigenvalue weighted by atomic mass is 16.5. The van der Waals surface area contributed by atoms with Crippen LogP contribution >= 0.6 is 0 Å². The molecule has 1 N–H and O–H groups in total. The van der Waals surface area contributed by atoms with Gasteiger partial charge in [0.05, 0.1) is 20.8 Å². The predicted octanol–water partition coefficient (Wildman–Crippen LogP) is 1.63. The summed E-state index contributed by atoms with van der Waals surface area (Å²) in [7, 11) is 3.29. The summed E-state index contributed by atoms with van der Waals surface area (Å²) in [5.74, 6) is 1.62. The van der Waals surface area contributed by atoms with E-state index in [4.69, 9.17) is 9.47 Å². The first-order valence-electron chi connectivity index (χ1n) is 10.1. The van der Waals surface area contributed by atoms with Crippen LogP contribution < -0.4 is 14.8 Å². The summed E-state index contributed by atoms with van der Waals surface area (Å²) in [5, 5.41) is 3.43. The molecule has 1 aromatic heterocycles. The van der Waals surface area contributed by atoms with E-state index in [-0.39, 0.29) is 11.9 Å². The number of hydrogen-bond acceptors (Lipinski definition) is 6. The summed E-state index contributed by atoms with van der Waals surface area (Å²) in [6, 6.07) is 8.23. The zero-order valence-corrected chi connectivity index (χ0v) is 17.1. The molecule has 0 bridgehead atoms. The van der Waals surface area contributed by atoms with Crippen molar-refractivity contribution in [2.75, 3.05) is 46.9 Å². The van der Waals surface area contributed by atoms with Crippen LogP contribution in [0.1, 0.15) is 22.7 Å². The minimum Gasteiger partial charge on any atom is -0.493 e. The van der Waals surface area contributed by atoms with Crippen LogP contribution in [-0.4, -0.2) is 67.6 Å². The number of aromatic nitrogens is 1. The number of fused-ring (bicyclic) bond motifs is 1. The Labute approximate surface area is 171 Å². The summed E-state index contributed by atoms with van der Waals surface area (Å²) in [4.78, 5) is 21.6. The number of rotatable bonds is 5. The van der Waals surface area contributed by atoms with Gasteiger partial charge in [0.1, 0.15) is 0 Å². The second-order valence-corrected chi connectivity index (χ2v) is 7.52. The minimum atomic E-state index is 0.168. The largest absolute Gasteiger partial charge is 0.493 e. The molecule has 0 saturated carbocycles. The van der Waals surface area contributed by atoms with Crippen LogP contribution in [0.2, 0.25) is 0 Å². The fourth-order valence-corrected chi connectivity index (χ4v) is 4.21. The number of benzene rings is 1. The SMILES string of the molecule is COc1cc2c(cc1OC)CN(C(=O)CN1CCNCC1c1cccnc1)CC2. The minimum absolute atomic E-state index is 0.168. The van der Waals surface area contributed by atoms with Crippen molar-refractivity contribution in [2.45, 2.75) is 19.0 Å². The van der Waals surface area contributed by atoms with Gasteiger partial charge in [-0.05, 0) is 41.3 Å². The van der Waals surface area contributed by atoms with Gasteiger partial charge in [-0.15, -0.1) is 0 Å². The number of methoxy groups -OCH3 is 2. The first kappa shape index (κ1) is 19.7. The molecule has 1 amide bonds. The van der Waals surface area contributed by atoms with Gasteiger partial charge in [-0.2, -0.15) is 0 Å². The smallest absolute Gasteiger partial charge is 0.237 e. The van der Waals surface area contributed by atoms with E-state index in [0.29, 0.717) is 18.8 Å². The Morgan fingerprint density at radius 3 is 2.72 bits per heavy atom. The maximum Gasteiger partial charge on any atom is 0.237 e. The third kappa shape index (κ3) is 4.21. The van der Waals surface area contributed by atoms with Crippen molar-refractivity contribution < 1.29 is 14.3 Å². The average Bonchev–Trinajstić information content (AvgIpc) is 2.78. The zero-order chi connectivity index (χ0) is 20.2. The van der Waals surface area contributed by atoms with Crippen LogP contribution in [0.3, 0.4) is 0 Å². The normalized spacial score (nSPS) is 19.5. The summed E-state index contributed by atoms with van der Waals surface area (Å²) >= 11 is 0. The molecule has 0 radical (unpaired) electrons. The molecule has 0 aliphatic carbocycles. The molecule has 4 rings (SSSR count). The van der Waals surface area contributed by atoms with Crippen LogP contribution in [0.15, 0.2) is 36.7 Å². The monoisotopic (exact) mass is 396 g/mol. The van der Waals surface area contributed by atoms with E-state index in [1.807, 2.05) is 29.3 Å². The number of nitrogens with zero attached hydrogens (tertiary/aromatic N) is 3. The highest BCUT2D eigenvalue weighted by Crippen LogP contribution is 2.33. The van der Waals surface area contributed by atoms with Gasteiger partial charge in [0.25, 0.3) is 0 Å². The summed E-state index contributed by atoms with van der Waals surface area (Å²) in [6.07, 6.45) is 4.50. The molecule has 1 unspecified atom stereocenters. The summed E-state index contributed by atoms with van der Waals surface area (Å²) < 4.78 is 10.8. The summed E-state index contributed by atoms with van der Waals surface area (Å²) in [6.45, 7) is 4.33. The Kier molecular flexibility index (Phi) is 5.97. The highest BCUT2D eigenvalue weighted by Gasteiger charge is 2.29. The number of pyridine rings is 1. The van der Waals surface area contributed by atoms with E-state index in [9.17, 15) is 4.79 Å². The fraction of sp³-hybridized carbons (Fsp3) is 0.455. The third-order valence-electron chi connectivity index (χ3n) is 5.83. The number of amides is 1. The lowest BCUT2D eigenvalue weighted by atomic mass is 9.98. The first-order chi connectivity index (χ1) is 14.2. The number of carbonyl (C=O) groups excluding carboxylic acids is 1. The van der Waals surface area contributed by atoms with Crippen molar-refractivity contribution >= 4 is 5.91 Å². The van der Waals surface area contributed by atoms with Gasteiger partial charge in [0.2, 0.25) is 5.91 Å². The Hall–Kier alpha value is -2.64. The number of piperazine rings is 1. The molecule has 1 atom stereocenters. The van der Waals surface area contributed by atoms with E-state index in [1.165, 1.54) is 5.56 Å². The second kappa shape index (κ2) is 8.80. The molecule has 0 spiro atoms. The summed E-state index contributed by atoms with van der Waals surface area (Å²) in [5.41, 5.74) is 3.50. The van der Waals surface area contributed by atoms with E-state index in [1.54, 1.807) is 20.4 Å². The van der Waals surface area contributed by atoms with E-state index < -0.39 is 0 Å². The molecule has 154 valence electrons. The van der Waals surface area contributed by atoms with Crippen molar-refractivity contribution in [3.05, 3.63) is 53.3 Å². The Balaban J connectivity index is 1.46. The second-order valence-electron chi connectivity index (χ2n) is 7.52. The van der Waals surface area contributed by atoms with Crippen molar-refractivity contribution in [3.63, 3.8) is 0 Å². The van der Waals surface area contributed by atoms with Crippen molar-refractivity contribution in [1.82, 2.24) is 20.1 Å². The van der Waals surface area contributed by atoms with E-state index >= 15 is 0 Å². The maximum atomic E-state index is 13.1. The lowest BCUT2D eigenvalue weighted by Gasteiger charge is -2.38. The van der Waals surface area contributed by atoms with Gasteiger partial charge in [0, 0.05) is 51.2 Å². The fourth-order valence-electron chi connectivity index (χ4n) is 4.21. The van der Waals surface area contributed by atoms with E-state index in [0.717, 1.165) is 49.5 Å². The molecular weight excluding hydrogens is 368 g/mol. The van der Waals surface area contributed by atoms with Gasteiger partial charge in [-0.1, -0.05) is 6.07 Å². The Morgan fingerprint density at radius 1 is 1.21 bits per heavy atom. The van der Waals surface area contributed by atoms with Crippen molar-refractivity contribution in [3.8, 4) is 11.5 Å². The molecule has 2 aliphatic rings. The van der Waals surface area contributed by atoms with E-state index in [2.05, 4.69) is 21.3 Å². The molecule has 2 aliphatic heterocycles. The zero-order valence-electron chi connectivity index (χ0n) is 17.1. The van der Waals surface area contributed by atoms with Gasteiger partial charge >= 0.3 is 0 Å². The van der Waals surface area contributed by atoms with Crippen molar-refractivity contribution in [1.29, 1.82) is 0 Å². The standard InChI is InChI=1S/C22H28N4O3/c1-28-20-10-16-5-8-26(14-18(16)11-21(20)29-2)22(27)15-25-9-7-24-13-19(25)17-4-3-6-23-12-17/h3-4,6,10-12,19,24H,5,7-9,13-15H2,1-2H3. The molecule has 29 heavy (non-hydrogen) atoms. The third-order valence-corrected chi connectivity index (χ3v) is 5.83. The van der Waals surface area contributed by atoms with Crippen molar-refractivity contribution in [2.24, 2.45) is 0 Å². The highest BCUT2D eigenvalue weighted by molar-refractivity contribution is 5.78. The lowest BCUT2D eigenvalue weighted by molar-refractivity contribution is -0.134. The molecular formula is C22H28N4O3. The molecule has 2 aromatic rings. The molecule has 3 heterocycles. The molecule has 1 saturated heterocycles. The van der Waals surface area contributed by atoms with Gasteiger partial charge < -0.3 is 19.7 Å². The van der Waals surface area contributed by atoms with Gasteiger partial charge in [-0.3, -0.25) is 14.7 Å². The molecule has 7 heteroatoms.